The zero-order valence-electron chi connectivity index (χ0n) is 8.57. The molecule has 0 aliphatic heterocycles. The Balaban J connectivity index is 2.06. The number of fused-ring (bicyclic) bond motifs is 3. The van der Waals surface area contributed by atoms with Gasteiger partial charge in [-0.05, 0) is 48.9 Å². The molecule has 2 bridgehead atoms. The van der Waals surface area contributed by atoms with Gasteiger partial charge < -0.3 is 5.11 Å². The van der Waals surface area contributed by atoms with Crippen LogP contribution in [0, 0.1) is 11.8 Å². The van der Waals surface area contributed by atoms with Gasteiger partial charge in [0.15, 0.2) is 0 Å². The summed E-state index contributed by atoms with van der Waals surface area (Å²) >= 11 is 0. The Morgan fingerprint density at radius 1 is 1.07 bits per heavy atom. The van der Waals surface area contributed by atoms with Gasteiger partial charge in [0, 0.05) is 11.8 Å². The zero-order valence-corrected chi connectivity index (χ0v) is 8.57. The fourth-order valence-electron chi connectivity index (χ4n) is 2.96. The summed E-state index contributed by atoms with van der Waals surface area (Å²) in [6.45, 7) is 0. The molecule has 78 valence electrons. The molecule has 0 heterocycles. The number of hydrogen-bond donors (Lipinski definition) is 1. The third-order valence-electron chi connectivity index (χ3n) is 3.79. The number of ketones is 1. The van der Waals surface area contributed by atoms with E-state index in [4.69, 9.17) is 0 Å². The minimum absolute atomic E-state index is 0.220. The van der Waals surface area contributed by atoms with Gasteiger partial charge in [-0.1, -0.05) is 6.07 Å². The lowest BCUT2D eigenvalue weighted by molar-refractivity contribution is -0.123. The van der Waals surface area contributed by atoms with Gasteiger partial charge in [0.25, 0.3) is 0 Å². The van der Waals surface area contributed by atoms with Crippen LogP contribution in [0.25, 0.3) is 0 Å². The van der Waals surface area contributed by atoms with Crippen molar-refractivity contribution in [3.63, 3.8) is 0 Å². The minimum atomic E-state index is 0.220. The molecule has 1 aromatic rings. The maximum atomic E-state index is 11.9. The molecular weight excluding hydrogens is 188 g/mol. The maximum Gasteiger partial charge on any atom is 0.139 e. The first-order valence-corrected chi connectivity index (χ1v) is 5.58. The molecule has 0 aromatic heterocycles. The monoisotopic (exact) mass is 202 g/mol. The highest BCUT2D eigenvalue weighted by atomic mass is 16.3. The number of phenols is 1. The molecule has 0 spiro atoms. The van der Waals surface area contributed by atoms with Crippen molar-refractivity contribution in [2.75, 3.05) is 0 Å². The predicted octanol–water partition coefficient (Wildman–Crippen LogP) is 2.09. The Kier molecular flexibility index (Phi) is 1.84. The quantitative estimate of drug-likeness (QED) is 0.699. The normalized spacial score (nSPS) is 28.7. The Morgan fingerprint density at radius 2 is 1.73 bits per heavy atom. The van der Waals surface area contributed by atoms with E-state index < -0.39 is 0 Å². The second-order valence-electron chi connectivity index (χ2n) is 4.73. The van der Waals surface area contributed by atoms with Crippen LogP contribution in [-0.2, 0) is 17.6 Å². The molecule has 0 amide bonds. The number of carbonyl (C=O) groups is 1. The van der Waals surface area contributed by atoms with Gasteiger partial charge in [-0.3, -0.25) is 4.79 Å². The summed E-state index contributed by atoms with van der Waals surface area (Å²) in [5.41, 5.74) is 2.43. The van der Waals surface area contributed by atoms with E-state index >= 15 is 0 Å². The van der Waals surface area contributed by atoms with Crippen LogP contribution in [0.5, 0.6) is 5.75 Å². The zero-order chi connectivity index (χ0) is 10.4. The summed E-state index contributed by atoms with van der Waals surface area (Å²) in [6, 6.07) is 5.52. The van der Waals surface area contributed by atoms with Crippen molar-refractivity contribution in [2.24, 2.45) is 11.8 Å². The van der Waals surface area contributed by atoms with Crippen molar-refractivity contribution in [1.82, 2.24) is 0 Å². The van der Waals surface area contributed by atoms with Gasteiger partial charge in [0.2, 0.25) is 0 Å². The highest BCUT2D eigenvalue weighted by molar-refractivity contribution is 5.86. The summed E-state index contributed by atoms with van der Waals surface area (Å²) in [4.78, 5) is 11.9. The molecule has 1 aromatic carbocycles. The summed E-state index contributed by atoms with van der Waals surface area (Å²) in [6.07, 6.45) is 3.81. The van der Waals surface area contributed by atoms with Crippen LogP contribution < -0.4 is 0 Å². The topological polar surface area (TPSA) is 37.3 Å². The van der Waals surface area contributed by atoms with E-state index in [9.17, 15) is 9.90 Å². The molecule has 0 unspecified atom stereocenters. The molecule has 0 radical (unpaired) electrons. The van der Waals surface area contributed by atoms with E-state index in [0.29, 0.717) is 11.5 Å². The van der Waals surface area contributed by atoms with Gasteiger partial charge in [-0.2, -0.15) is 0 Å². The Morgan fingerprint density at radius 3 is 2.47 bits per heavy atom. The van der Waals surface area contributed by atoms with Crippen LogP contribution in [0.1, 0.15) is 24.0 Å². The molecule has 3 rings (SSSR count). The van der Waals surface area contributed by atoms with Crippen molar-refractivity contribution < 1.29 is 9.90 Å². The number of carbonyl (C=O) groups excluding carboxylic acids is 1. The van der Waals surface area contributed by atoms with Crippen LogP contribution in [0.2, 0.25) is 0 Å². The molecule has 2 nitrogen and oxygen atoms in total. The molecule has 2 aliphatic rings. The molecule has 1 fully saturated rings. The van der Waals surface area contributed by atoms with Crippen LogP contribution in [-0.4, -0.2) is 10.9 Å². The van der Waals surface area contributed by atoms with Crippen molar-refractivity contribution in [3.05, 3.63) is 29.3 Å². The van der Waals surface area contributed by atoms with E-state index in [1.165, 1.54) is 11.1 Å². The minimum Gasteiger partial charge on any atom is -0.508 e. The standard InChI is InChI=1S/C13H14O2/c14-12-4-3-8-5-9-1-2-10(13(9)15)6-11(8)7-12/h3-4,7,9-10,14H,1-2,5-6H2/t9-,10+/m1/s1. The van der Waals surface area contributed by atoms with E-state index in [0.717, 1.165) is 25.7 Å². The van der Waals surface area contributed by atoms with Gasteiger partial charge in [-0.25, -0.2) is 0 Å². The van der Waals surface area contributed by atoms with E-state index in [2.05, 4.69) is 0 Å². The fraction of sp³-hybridized carbons (Fsp3) is 0.462. The molecule has 1 saturated carbocycles. The van der Waals surface area contributed by atoms with Gasteiger partial charge in [-0.15, -0.1) is 0 Å². The average molecular weight is 202 g/mol. The molecule has 2 heteroatoms. The number of phenolic OH excluding ortho intramolecular Hbond substituents is 1. The van der Waals surface area contributed by atoms with Crippen molar-refractivity contribution >= 4 is 5.78 Å². The SMILES string of the molecule is O=C1[C@@H]2CC[C@H]1Cc1cc(O)ccc1C2. The predicted molar refractivity (Wildman–Crippen MR) is 56.7 cm³/mol. The number of rotatable bonds is 0. The summed E-state index contributed by atoms with van der Waals surface area (Å²) < 4.78 is 0. The van der Waals surface area contributed by atoms with Gasteiger partial charge in [0.05, 0.1) is 0 Å². The van der Waals surface area contributed by atoms with Crippen LogP contribution >= 0.6 is 0 Å². The van der Waals surface area contributed by atoms with E-state index in [1.54, 1.807) is 6.07 Å². The van der Waals surface area contributed by atoms with Crippen molar-refractivity contribution in [1.29, 1.82) is 0 Å². The lowest BCUT2D eigenvalue weighted by Gasteiger charge is -2.11. The van der Waals surface area contributed by atoms with E-state index in [-0.39, 0.29) is 11.8 Å². The van der Waals surface area contributed by atoms with Crippen molar-refractivity contribution in [2.45, 2.75) is 25.7 Å². The lowest BCUT2D eigenvalue weighted by Crippen LogP contribution is -2.13. The second-order valence-corrected chi connectivity index (χ2v) is 4.73. The van der Waals surface area contributed by atoms with Gasteiger partial charge >= 0.3 is 0 Å². The third kappa shape index (κ3) is 1.36. The summed E-state index contributed by atoms with van der Waals surface area (Å²) in [7, 11) is 0. The molecule has 15 heavy (non-hydrogen) atoms. The first-order chi connectivity index (χ1) is 7.24. The number of benzene rings is 1. The maximum absolute atomic E-state index is 11.9. The lowest BCUT2D eigenvalue weighted by atomic mass is 9.93. The highest BCUT2D eigenvalue weighted by Gasteiger charge is 2.37. The first-order valence-electron chi connectivity index (χ1n) is 5.58. The van der Waals surface area contributed by atoms with Crippen molar-refractivity contribution in [3.8, 4) is 5.75 Å². The van der Waals surface area contributed by atoms with Crippen LogP contribution in [0.15, 0.2) is 18.2 Å². The second kappa shape index (κ2) is 3.09. The van der Waals surface area contributed by atoms with E-state index in [1.807, 2.05) is 12.1 Å². The third-order valence-corrected chi connectivity index (χ3v) is 3.79. The Bertz CT molecular complexity index is 423. The number of Topliss-reactive ketones (excluding diaryl/α,β-unsaturated/α-hetero) is 1. The highest BCUT2D eigenvalue weighted by Crippen LogP contribution is 2.37. The largest absolute Gasteiger partial charge is 0.508 e. The smallest absolute Gasteiger partial charge is 0.139 e. The average Bonchev–Trinajstić information content (AvgIpc) is 2.44. The first kappa shape index (κ1) is 8.96. The Labute approximate surface area is 88.9 Å². The fourth-order valence-corrected chi connectivity index (χ4v) is 2.96. The molecule has 0 saturated heterocycles. The Hall–Kier alpha value is -1.31. The summed E-state index contributed by atoms with van der Waals surface area (Å²) in [5.74, 6) is 1.24. The summed E-state index contributed by atoms with van der Waals surface area (Å²) in [5, 5.41) is 9.43. The molecule has 2 atom stereocenters. The molecule has 2 aliphatic carbocycles. The molecular formula is C13H14O2. The molecule has 1 N–H and O–H groups in total. The van der Waals surface area contributed by atoms with Crippen LogP contribution in [0.3, 0.4) is 0 Å². The number of hydrogen-bond acceptors (Lipinski definition) is 2. The number of aromatic hydroxyl groups is 1. The van der Waals surface area contributed by atoms with Crippen LogP contribution in [0.4, 0.5) is 0 Å². The van der Waals surface area contributed by atoms with Gasteiger partial charge in [0.1, 0.15) is 11.5 Å².